The fourth-order valence-corrected chi connectivity index (χ4v) is 4.01. The van der Waals surface area contributed by atoms with Crippen molar-refractivity contribution in [1.29, 1.82) is 0 Å². The van der Waals surface area contributed by atoms with Gasteiger partial charge in [0.05, 0.1) is 33.4 Å². The van der Waals surface area contributed by atoms with Crippen molar-refractivity contribution < 1.29 is 28.3 Å². The number of nitrogens with one attached hydrogen (secondary N) is 1. The van der Waals surface area contributed by atoms with Crippen LogP contribution in [0.1, 0.15) is 29.1 Å². The molecule has 1 saturated heterocycles. The van der Waals surface area contributed by atoms with Crippen molar-refractivity contribution in [1.82, 2.24) is 15.0 Å². The van der Waals surface area contributed by atoms with Crippen molar-refractivity contribution in [3.05, 3.63) is 53.9 Å². The monoisotopic (exact) mass is 480 g/mol. The molecule has 10 nitrogen and oxygen atoms in total. The van der Waals surface area contributed by atoms with Gasteiger partial charge in [0, 0.05) is 17.2 Å². The quantitative estimate of drug-likeness (QED) is 0.484. The van der Waals surface area contributed by atoms with Crippen LogP contribution >= 0.6 is 0 Å². The van der Waals surface area contributed by atoms with Crippen molar-refractivity contribution >= 4 is 17.6 Å². The van der Waals surface area contributed by atoms with Gasteiger partial charge < -0.3 is 24.1 Å². The van der Waals surface area contributed by atoms with E-state index < -0.39 is 5.97 Å². The molecular formula is C25H28N4O6. The molecule has 0 unspecified atom stereocenters. The average Bonchev–Trinajstić information content (AvgIpc) is 3.37. The zero-order valence-corrected chi connectivity index (χ0v) is 19.9. The molecule has 184 valence electrons. The van der Waals surface area contributed by atoms with E-state index in [1.165, 1.54) is 7.11 Å². The summed E-state index contributed by atoms with van der Waals surface area (Å²) in [5.41, 5.74) is 1.86. The van der Waals surface area contributed by atoms with Crippen molar-refractivity contribution in [2.75, 3.05) is 39.7 Å². The molecule has 1 aromatic heterocycles. The molecule has 1 fully saturated rings. The smallest absolute Gasteiger partial charge is 0.337 e. The molecule has 3 aromatic rings. The van der Waals surface area contributed by atoms with Gasteiger partial charge in [-0.05, 0) is 68.4 Å². The molecule has 10 heteroatoms. The van der Waals surface area contributed by atoms with Gasteiger partial charge >= 0.3 is 5.97 Å². The zero-order valence-electron chi connectivity index (χ0n) is 19.9. The van der Waals surface area contributed by atoms with Crippen LogP contribution in [0, 0.1) is 5.92 Å². The van der Waals surface area contributed by atoms with E-state index in [2.05, 4.69) is 20.4 Å². The van der Waals surface area contributed by atoms with Crippen molar-refractivity contribution in [2.24, 2.45) is 5.92 Å². The Morgan fingerprint density at radius 2 is 1.74 bits per heavy atom. The Balaban J connectivity index is 1.28. The SMILES string of the molecule is COC(=O)c1ccc(NC(=O)C2CCN(Cc3nc(-c4ccc(OC)c(OC)c4)no3)CC2)cc1. The lowest BCUT2D eigenvalue weighted by molar-refractivity contribution is -0.121. The summed E-state index contributed by atoms with van der Waals surface area (Å²) < 4.78 is 20.8. The zero-order chi connectivity index (χ0) is 24.8. The lowest BCUT2D eigenvalue weighted by Crippen LogP contribution is -2.37. The standard InChI is InChI=1S/C25H28N4O6/c1-32-20-9-6-18(14-21(20)33-2)23-27-22(35-28-23)15-29-12-10-16(11-13-29)24(30)26-19-7-4-17(5-8-19)25(31)34-3/h4-9,14,16H,10-13,15H2,1-3H3,(H,26,30). The number of esters is 1. The van der Waals surface area contributed by atoms with Crippen LogP contribution in [0.5, 0.6) is 11.5 Å². The van der Waals surface area contributed by atoms with Crippen LogP contribution in [-0.2, 0) is 16.1 Å². The fraction of sp³-hybridized carbons (Fsp3) is 0.360. The fourth-order valence-electron chi connectivity index (χ4n) is 4.01. The molecule has 1 aliphatic heterocycles. The Morgan fingerprint density at radius 3 is 2.40 bits per heavy atom. The number of rotatable bonds is 8. The number of hydrogen-bond acceptors (Lipinski definition) is 9. The maximum atomic E-state index is 12.7. The van der Waals surface area contributed by atoms with E-state index in [9.17, 15) is 9.59 Å². The third-order valence-corrected chi connectivity index (χ3v) is 6.00. The number of likely N-dealkylation sites (tertiary alicyclic amines) is 1. The van der Waals surface area contributed by atoms with Gasteiger partial charge in [-0.15, -0.1) is 0 Å². The topological polar surface area (TPSA) is 116 Å². The van der Waals surface area contributed by atoms with Crippen molar-refractivity contribution in [3.8, 4) is 22.9 Å². The Labute approximate surface area is 203 Å². The molecule has 4 rings (SSSR count). The molecule has 0 spiro atoms. The number of hydrogen-bond donors (Lipinski definition) is 1. The minimum Gasteiger partial charge on any atom is -0.493 e. The van der Waals surface area contributed by atoms with Crippen molar-refractivity contribution in [2.45, 2.75) is 19.4 Å². The number of piperidine rings is 1. The highest BCUT2D eigenvalue weighted by Crippen LogP contribution is 2.31. The van der Waals surface area contributed by atoms with Crippen LogP contribution in [0.4, 0.5) is 5.69 Å². The summed E-state index contributed by atoms with van der Waals surface area (Å²) >= 11 is 0. The summed E-state index contributed by atoms with van der Waals surface area (Å²) in [5, 5.41) is 7.02. The number of aromatic nitrogens is 2. The predicted molar refractivity (Wildman–Crippen MR) is 127 cm³/mol. The first kappa shape index (κ1) is 24.2. The number of benzene rings is 2. The molecule has 0 atom stereocenters. The molecule has 2 heterocycles. The summed E-state index contributed by atoms with van der Waals surface area (Å²) in [4.78, 5) is 30.9. The Morgan fingerprint density at radius 1 is 1.03 bits per heavy atom. The summed E-state index contributed by atoms with van der Waals surface area (Å²) in [6, 6.07) is 12.1. The number of anilines is 1. The minimum absolute atomic E-state index is 0.0241. The molecular weight excluding hydrogens is 452 g/mol. The number of amides is 1. The molecule has 0 saturated carbocycles. The van der Waals surface area contributed by atoms with Crippen LogP contribution in [-0.4, -0.2) is 61.3 Å². The lowest BCUT2D eigenvalue weighted by Gasteiger charge is -2.30. The first-order chi connectivity index (χ1) is 17.0. The third-order valence-electron chi connectivity index (χ3n) is 6.00. The van der Waals surface area contributed by atoms with Gasteiger partial charge in [0.25, 0.3) is 0 Å². The van der Waals surface area contributed by atoms with Crippen LogP contribution in [0.25, 0.3) is 11.4 Å². The highest BCUT2D eigenvalue weighted by molar-refractivity contribution is 5.94. The van der Waals surface area contributed by atoms with E-state index in [4.69, 9.17) is 18.7 Å². The van der Waals surface area contributed by atoms with Crippen LogP contribution in [0.3, 0.4) is 0 Å². The van der Waals surface area contributed by atoms with Gasteiger partial charge in [0.2, 0.25) is 17.6 Å². The highest BCUT2D eigenvalue weighted by atomic mass is 16.5. The number of nitrogens with zero attached hydrogens (tertiary/aromatic N) is 3. The molecule has 35 heavy (non-hydrogen) atoms. The molecule has 2 aromatic carbocycles. The van der Waals surface area contributed by atoms with E-state index >= 15 is 0 Å². The van der Waals surface area contributed by atoms with Crippen molar-refractivity contribution in [3.63, 3.8) is 0 Å². The maximum Gasteiger partial charge on any atom is 0.337 e. The normalized spacial score (nSPS) is 14.4. The summed E-state index contributed by atoms with van der Waals surface area (Å²) in [7, 11) is 4.49. The summed E-state index contributed by atoms with van der Waals surface area (Å²) in [6.07, 6.45) is 1.45. The van der Waals surface area contributed by atoms with Gasteiger partial charge in [0.15, 0.2) is 11.5 Å². The van der Waals surface area contributed by atoms with Gasteiger partial charge in [-0.25, -0.2) is 4.79 Å². The van der Waals surface area contributed by atoms with Gasteiger partial charge in [0.1, 0.15) is 0 Å². The summed E-state index contributed by atoms with van der Waals surface area (Å²) in [5.74, 6) is 1.70. The predicted octanol–water partition coefficient (Wildman–Crippen LogP) is 3.39. The first-order valence-corrected chi connectivity index (χ1v) is 11.3. The van der Waals surface area contributed by atoms with E-state index in [0.29, 0.717) is 41.0 Å². The average molecular weight is 481 g/mol. The third kappa shape index (κ3) is 5.78. The maximum absolute atomic E-state index is 12.7. The summed E-state index contributed by atoms with van der Waals surface area (Å²) in [6.45, 7) is 2.00. The van der Waals surface area contributed by atoms with Crippen LogP contribution in [0.15, 0.2) is 47.0 Å². The second kappa shape index (κ2) is 11.0. The second-order valence-corrected chi connectivity index (χ2v) is 8.19. The van der Waals surface area contributed by atoms with E-state index in [0.717, 1.165) is 31.5 Å². The van der Waals surface area contributed by atoms with Gasteiger partial charge in [-0.1, -0.05) is 5.16 Å². The van der Waals surface area contributed by atoms with Gasteiger partial charge in [-0.2, -0.15) is 4.98 Å². The van der Waals surface area contributed by atoms with Crippen LogP contribution < -0.4 is 14.8 Å². The molecule has 0 radical (unpaired) electrons. The lowest BCUT2D eigenvalue weighted by atomic mass is 9.96. The Kier molecular flexibility index (Phi) is 7.61. The minimum atomic E-state index is -0.410. The van der Waals surface area contributed by atoms with E-state index in [-0.39, 0.29) is 11.8 Å². The van der Waals surface area contributed by atoms with Crippen LogP contribution in [0.2, 0.25) is 0 Å². The number of carbonyl (C=O) groups excluding carboxylic acids is 2. The van der Waals surface area contributed by atoms with Gasteiger partial charge in [-0.3, -0.25) is 9.69 Å². The first-order valence-electron chi connectivity index (χ1n) is 11.3. The molecule has 1 N–H and O–H groups in total. The van der Waals surface area contributed by atoms with E-state index in [1.807, 2.05) is 6.07 Å². The number of methoxy groups -OCH3 is 3. The largest absolute Gasteiger partial charge is 0.493 e. The second-order valence-electron chi connectivity index (χ2n) is 8.19. The molecule has 1 aliphatic rings. The molecule has 0 aliphatic carbocycles. The highest BCUT2D eigenvalue weighted by Gasteiger charge is 2.26. The Bertz CT molecular complexity index is 1170. The molecule has 0 bridgehead atoms. The molecule has 1 amide bonds. The Hall–Kier alpha value is -3.92. The van der Waals surface area contributed by atoms with E-state index in [1.54, 1.807) is 50.6 Å². The number of ether oxygens (including phenoxy) is 3. The number of carbonyl (C=O) groups is 2.